The molecule has 0 rings (SSSR count). The predicted octanol–water partition coefficient (Wildman–Crippen LogP) is 1.94. The zero-order valence-electron chi connectivity index (χ0n) is 9.34. The maximum atomic E-state index is 5.69. The number of unbranched alkanes of at least 4 members (excludes halogenated alkanes) is 2. The molecule has 0 heterocycles. The minimum Gasteiger partial charge on any atom is -0.478 e. The molecule has 0 N–H and O–H groups in total. The normalized spacial score (nSPS) is 9.64. The molecule has 0 aliphatic heterocycles. The molecule has 0 aromatic rings. The standard InChI is InChI=1S/2C4H9O.C2H5.2Al.3H/c2*1-2-3-4-5;1-2;;;;;/h2*2-4H2,1H3;1H2,2H3;;;;;/q2*-1;;;+2;;;. The van der Waals surface area contributed by atoms with Crippen molar-refractivity contribution in [2.75, 3.05) is 13.2 Å². The molecule has 0 aliphatic carbocycles. The fourth-order valence-corrected chi connectivity index (χ4v) is 2.43. The second-order valence-corrected chi connectivity index (χ2v) is 5.63. The third-order valence-electron chi connectivity index (χ3n) is 1.94. The lowest BCUT2D eigenvalue weighted by molar-refractivity contribution is 0.192. The van der Waals surface area contributed by atoms with Gasteiger partial charge in [-0.05, 0) is 18.1 Å². The highest BCUT2D eigenvalue weighted by Gasteiger charge is 2.21. The van der Waals surface area contributed by atoms with Crippen LogP contribution in [0.5, 0.6) is 0 Å². The Labute approximate surface area is 105 Å². The number of hydrogen-bond donors (Lipinski definition) is 0. The summed E-state index contributed by atoms with van der Waals surface area (Å²) in [4.78, 5) is 0. The quantitative estimate of drug-likeness (QED) is 0.447. The maximum absolute atomic E-state index is 5.69. The molecule has 0 unspecified atom stereocenters. The molecular formula is C10H26Al2O2. The van der Waals surface area contributed by atoms with Crippen LogP contribution in [0.15, 0.2) is 0 Å². The van der Waals surface area contributed by atoms with Gasteiger partial charge in [0.15, 0.2) is 17.4 Å². The van der Waals surface area contributed by atoms with E-state index in [9.17, 15) is 0 Å². The van der Waals surface area contributed by atoms with Gasteiger partial charge >= 0.3 is 14.8 Å². The van der Waals surface area contributed by atoms with Gasteiger partial charge < -0.3 is 7.58 Å². The van der Waals surface area contributed by atoms with Gasteiger partial charge in [0.1, 0.15) is 0 Å². The van der Waals surface area contributed by atoms with Crippen LogP contribution >= 0.6 is 0 Å². The first-order valence-corrected chi connectivity index (χ1v) is 7.34. The highest BCUT2D eigenvalue weighted by Crippen LogP contribution is 2.00. The summed E-state index contributed by atoms with van der Waals surface area (Å²) < 4.78 is 11.4. The van der Waals surface area contributed by atoms with Gasteiger partial charge in [0.2, 0.25) is 0 Å². The third-order valence-corrected chi connectivity index (χ3v) is 3.82. The molecule has 0 radical (unpaired) electrons. The molecule has 14 heavy (non-hydrogen) atoms. The first kappa shape index (κ1) is 17.4. The summed E-state index contributed by atoms with van der Waals surface area (Å²) in [7, 11) is 0. The van der Waals surface area contributed by atoms with E-state index in [0.29, 0.717) is 0 Å². The van der Waals surface area contributed by atoms with E-state index in [0.717, 1.165) is 18.5 Å². The molecule has 84 valence electrons. The lowest BCUT2D eigenvalue weighted by atomic mass is 10.4. The average molecular weight is 232 g/mol. The van der Waals surface area contributed by atoms with Crippen molar-refractivity contribution in [3.8, 4) is 0 Å². The van der Waals surface area contributed by atoms with Crippen molar-refractivity contribution < 1.29 is 7.58 Å². The van der Waals surface area contributed by atoms with Crippen molar-refractivity contribution in [3.05, 3.63) is 0 Å². The summed E-state index contributed by atoms with van der Waals surface area (Å²) in [5.74, 6) is 0. The largest absolute Gasteiger partial charge is 0.674 e. The second-order valence-electron chi connectivity index (χ2n) is 3.29. The summed E-state index contributed by atoms with van der Waals surface area (Å²) >= 11 is -1.28. The Kier molecular flexibility index (Phi) is 17.4. The first-order valence-electron chi connectivity index (χ1n) is 5.58. The van der Waals surface area contributed by atoms with Crippen molar-refractivity contribution >= 4 is 32.2 Å². The Morgan fingerprint density at radius 3 is 1.57 bits per heavy atom. The van der Waals surface area contributed by atoms with Crippen LogP contribution in [0.4, 0.5) is 0 Å². The maximum Gasteiger partial charge on any atom is 0.674 e. The van der Waals surface area contributed by atoms with Gasteiger partial charge in [-0.2, -0.15) is 0 Å². The van der Waals surface area contributed by atoms with Crippen LogP contribution in [0.2, 0.25) is 5.28 Å². The molecule has 0 saturated heterocycles. The molecule has 0 aromatic carbocycles. The van der Waals surface area contributed by atoms with Crippen LogP contribution in [-0.4, -0.2) is 45.4 Å². The van der Waals surface area contributed by atoms with Crippen molar-refractivity contribution in [2.45, 2.75) is 51.7 Å². The van der Waals surface area contributed by atoms with E-state index in [1.54, 1.807) is 0 Å². The highest BCUT2D eigenvalue weighted by atomic mass is 27.2. The molecule has 2 nitrogen and oxygen atoms in total. The molecule has 0 aliphatic rings. The van der Waals surface area contributed by atoms with E-state index in [2.05, 4.69) is 20.8 Å². The molecule has 0 aromatic heterocycles. The van der Waals surface area contributed by atoms with Gasteiger partial charge in [-0.25, -0.2) is 0 Å². The molecular weight excluding hydrogens is 206 g/mol. The van der Waals surface area contributed by atoms with Crippen LogP contribution in [-0.2, 0) is 7.58 Å². The monoisotopic (exact) mass is 232 g/mol. The molecule has 0 amide bonds. The van der Waals surface area contributed by atoms with Gasteiger partial charge in [-0.1, -0.05) is 33.6 Å². The number of rotatable bonds is 9. The Balaban J connectivity index is 0. The minimum absolute atomic E-state index is 0. The van der Waals surface area contributed by atoms with Crippen LogP contribution in [0, 0.1) is 0 Å². The Morgan fingerprint density at radius 2 is 1.29 bits per heavy atom. The van der Waals surface area contributed by atoms with Gasteiger partial charge in [-0.15, -0.1) is 0 Å². The predicted molar refractivity (Wildman–Crippen MR) is 67.9 cm³/mol. The zero-order valence-corrected chi connectivity index (χ0v) is 10.5. The summed E-state index contributed by atoms with van der Waals surface area (Å²) in [5, 5.41) is 1.09. The topological polar surface area (TPSA) is 18.5 Å². The average Bonchev–Trinajstić information content (AvgIpc) is 2.16. The van der Waals surface area contributed by atoms with Gasteiger partial charge in [0.05, 0.1) is 0 Å². The SMILES string of the molecule is CCCC[O][Al]([CH2]C)[O]CCCC.[AlH3]. The van der Waals surface area contributed by atoms with E-state index < -0.39 is 14.8 Å². The summed E-state index contributed by atoms with van der Waals surface area (Å²) in [5.41, 5.74) is 0. The Bertz CT molecular complexity index is 92.1. The molecule has 0 atom stereocenters. The van der Waals surface area contributed by atoms with Crippen LogP contribution in [0.25, 0.3) is 0 Å². The smallest absolute Gasteiger partial charge is 0.478 e. The zero-order chi connectivity index (χ0) is 9.94. The fraction of sp³-hybridized carbons (Fsp3) is 1.00. The Morgan fingerprint density at radius 1 is 0.857 bits per heavy atom. The van der Waals surface area contributed by atoms with Gasteiger partial charge in [0, 0.05) is 13.2 Å². The summed E-state index contributed by atoms with van der Waals surface area (Å²) in [6.45, 7) is 8.32. The minimum atomic E-state index is -1.28. The van der Waals surface area contributed by atoms with Crippen LogP contribution in [0.1, 0.15) is 46.5 Å². The molecule has 4 heteroatoms. The highest BCUT2D eigenvalue weighted by molar-refractivity contribution is 6.44. The number of hydrogen-bond acceptors (Lipinski definition) is 2. The van der Waals surface area contributed by atoms with Gasteiger partial charge in [0.25, 0.3) is 0 Å². The van der Waals surface area contributed by atoms with Crippen LogP contribution in [0.3, 0.4) is 0 Å². The van der Waals surface area contributed by atoms with E-state index in [1.807, 2.05) is 0 Å². The molecule has 0 bridgehead atoms. The summed E-state index contributed by atoms with van der Waals surface area (Å²) in [6, 6.07) is 0. The van der Waals surface area contributed by atoms with Crippen molar-refractivity contribution in [1.82, 2.24) is 0 Å². The Hall–Kier alpha value is 0.985. The first-order chi connectivity index (χ1) is 6.35. The van der Waals surface area contributed by atoms with Gasteiger partial charge in [-0.3, -0.25) is 0 Å². The summed E-state index contributed by atoms with van der Waals surface area (Å²) in [6.07, 6.45) is 4.75. The van der Waals surface area contributed by atoms with Crippen molar-refractivity contribution in [1.29, 1.82) is 0 Å². The van der Waals surface area contributed by atoms with Crippen molar-refractivity contribution in [2.24, 2.45) is 0 Å². The van der Waals surface area contributed by atoms with Crippen molar-refractivity contribution in [3.63, 3.8) is 0 Å². The third kappa shape index (κ3) is 11.1. The van der Waals surface area contributed by atoms with E-state index >= 15 is 0 Å². The molecule has 0 spiro atoms. The molecule has 0 fully saturated rings. The van der Waals surface area contributed by atoms with E-state index in [1.165, 1.54) is 25.7 Å². The van der Waals surface area contributed by atoms with Crippen LogP contribution < -0.4 is 0 Å². The lowest BCUT2D eigenvalue weighted by Crippen LogP contribution is -2.22. The molecule has 0 saturated carbocycles. The lowest BCUT2D eigenvalue weighted by Gasteiger charge is -2.11. The second kappa shape index (κ2) is 14.0. The van der Waals surface area contributed by atoms with E-state index in [4.69, 9.17) is 7.58 Å². The fourth-order valence-electron chi connectivity index (χ4n) is 1.00. The van der Waals surface area contributed by atoms with E-state index in [-0.39, 0.29) is 17.4 Å².